The molecule has 0 radical (unpaired) electrons. The Morgan fingerprint density at radius 3 is 2.79 bits per heavy atom. The zero-order valence-corrected chi connectivity index (χ0v) is 11.2. The van der Waals surface area contributed by atoms with E-state index in [1.165, 1.54) is 0 Å². The van der Waals surface area contributed by atoms with E-state index in [0.29, 0.717) is 17.9 Å². The van der Waals surface area contributed by atoms with Crippen LogP contribution in [0.3, 0.4) is 0 Å². The molecule has 0 amide bonds. The number of hydrogen-bond donors (Lipinski definition) is 4. The lowest BCUT2D eigenvalue weighted by Gasteiger charge is -2.32. The van der Waals surface area contributed by atoms with Crippen molar-refractivity contribution < 1.29 is 5.11 Å². The molecule has 3 rings (SSSR count). The molecule has 0 atom stereocenters. The molecule has 1 saturated heterocycles. The second-order valence-corrected chi connectivity index (χ2v) is 5.35. The van der Waals surface area contributed by atoms with Gasteiger partial charge in [0.2, 0.25) is 0 Å². The molecule has 2 heterocycles. The van der Waals surface area contributed by atoms with Gasteiger partial charge in [-0.05, 0) is 44.1 Å². The van der Waals surface area contributed by atoms with Crippen molar-refractivity contribution in [1.82, 2.24) is 16.3 Å². The van der Waals surface area contributed by atoms with Gasteiger partial charge in [-0.2, -0.15) is 0 Å². The summed E-state index contributed by atoms with van der Waals surface area (Å²) in [5.41, 5.74) is 7.01. The summed E-state index contributed by atoms with van der Waals surface area (Å²) in [6.45, 7) is 1.65. The molecule has 1 aromatic carbocycles. The average Bonchev–Trinajstić information content (AvgIpc) is 2.90. The van der Waals surface area contributed by atoms with Gasteiger partial charge in [0.15, 0.2) is 0 Å². The summed E-state index contributed by atoms with van der Waals surface area (Å²) in [5, 5.41) is 16.4. The Morgan fingerprint density at radius 1 is 1.26 bits per heavy atom. The van der Waals surface area contributed by atoms with E-state index in [4.69, 9.17) is 11.6 Å². The van der Waals surface area contributed by atoms with Crippen LogP contribution < -0.4 is 21.3 Å². The summed E-state index contributed by atoms with van der Waals surface area (Å²) in [5.74, 6) is 0. The average molecular weight is 281 g/mol. The fourth-order valence-electron chi connectivity index (χ4n) is 2.43. The highest BCUT2D eigenvalue weighted by molar-refractivity contribution is 6.30. The molecule has 19 heavy (non-hydrogen) atoms. The van der Waals surface area contributed by atoms with Crippen LogP contribution in [0.2, 0.25) is 5.02 Å². The van der Waals surface area contributed by atoms with Crippen LogP contribution in [0.25, 0.3) is 0 Å². The third-order valence-corrected chi connectivity index (χ3v) is 3.82. The molecule has 0 unspecified atom stereocenters. The van der Waals surface area contributed by atoms with E-state index in [9.17, 15) is 5.11 Å². The first-order valence-electron chi connectivity index (χ1n) is 6.39. The van der Waals surface area contributed by atoms with Gasteiger partial charge >= 0.3 is 0 Å². The standard InChI is InChI=1S/C13H17ClN4O/c14-10-2-1-3-11(8-10)18-9-12(16-17-18)13(19)4-6-15-7-5-13/h1-3,8-9,15-17,19H,4-7H2. The predicted octanol–water partition coefficient (Wildman–Crippen LogP) is 1.13. The van der Waals surface area contributed by atoms with Gasteiger partial charge in [-0.1, -0.05) is 17.7 Å². The van der Waals surface area contributed by atoms with Crippen LogP contribution in [0, 0.1) is 0 Å². The van der Waals surface area contributed by atoms with Gasteiger partial charge in [0.1, 0.15) is 5.60 Å². The highest BCUT2D eigenvalue weighted by Gasteiger charge is 2.36. The van der Waals surface area contributed by atoms with Crippen molar-refractivity contribution >= 4 is 17.3 Å². The quantitative estimate of drug-likeness (QED) is 0.654. The van der Waals surface area contributed by atoms with Crippen LogP contribution in [-0.2, 0) is 0 Å². The van der Waals surface area contributed by atoms with E-state index >= 15 is 0 Å². The molecule has 2 aliphatic rings. The fourth-order valence-corrected chi connectivity index (χ4v) is 2.61. The molecule has 0 bridgehead atoms. The van der Waals surface area contributed by atoms with Crippen molar-refractivity contribution in [2.75, 3.05) is 18.1 Å². The summed E-state index contributed by atoms with van der Waals surface area (Å²) in [4.78, 5) is 0. The van der Waals surface area contributed by atoms with Crippen LogP contribution >= 0.6 is 11.6 Å². The number of piperidine rings is 1. The van der Waals surface area contributed by atoms with Crippen LogP contribution in [0.4, 0.5) is 5.69 Å². The Hall–Kier alpha value is -1.27. The Balaban J connectivity index is 1.81. The molecule has 2 aliphatic heterocycles. The minimum Gasteiger partial charge on any atom is -0.383 e. The molecule has 102 valence electrons. The Kier molecular flexibility index (Phi) is 3.36. The summed E-state index contributed by atoms with van der Waals surface area (Å²) in [6.07, 6.45) is 3.30. The summed E-state index contributed by atoms with van der Waals surface area (Å²) < 4.78 is 0. The molecule has 0 aromatic heterocycles. The van der Waals surface area contributed by atoms with E-state index in [1.54, 1.807) is 0 Å². The monoisotopic (exact) mass is 280 g/mol. The van der Waals surface area contributed by atoms with Crippen LogP contribution in [0.15, 0.2) is 36.2 Å². The Labute approximate surface area is 117 Å². The van der Waals surface area contributed by atoms with E-state index < -0.39 is 5.60 Å². The number of nitrogens with zero attached hydrogens (tertiary/aromatic N) is 1. The zero-order valence-electron chi connectivity index (χ0n) is 10.5. The van der Waals surface area contributed by atoms with Gasteiger partial charge in [-0.15, -0.1) is 5.53 Å². The van der Waals surface area contributed by atoms with Crippen molar-refractivity contribution in [1.29, 1.82) is 0 Å². The van der Waals surface area contributed by atoms with Crippen molar-refractivity contribution in [3.63, 3.8) is 0 Å². The molecular formula is C13H17ClN4O. The lowest BCUT2D eigenvalue weighted by atomic mass is 9.89. The maximum atomic E-state index is 10.6. The van der Waals surface area contributed by atoms with E-state index in [0.717, 1.165) is 24.5 Å². The van der Waals surface area contributed by atoms with E-state index in [-0.39, 0.29) is 0 Å². The number of halogens is 1. The molecule has 1 aromatic rings. The molecule has 5 nitrogen and oxygen atoms in total. The SMILES string of the molecule is OC1(C2=CN(c3cccc(Cl)c3)NN2)CCNCC1. The molecule has 0 spiro atoms. The number of nitrogens with one attached hydrogen (secondary N) is 3. The largest absolute Gasteiger partial charge is 0.383 e. The molecule has 1 fully saturated rings. The first-order valence-corrected chi connectivity index (χ1v) is 6.77. The lowest BCUT2D eigenvalue weighted by molar-refractivity contribution is 0.0399. The van der Waals surface area contributed by atoms with Gasteiger partial charge in [0, 0.05) is 11.2 Å². The summed E-state index contributed by atoms with van der Waals surface area (Å²) in [6, 6.07) is 7.54. The van der Waals surface area contributed by atoms with Gasteiger partial charge < -0.3 is 15.8 Å². The molecule has 0 saturated carbocycles. The van der Waals surface area contributed by atoms with Crippen LogP contribution in [0.5, 0.6) is 0 Å². The number of rotatable bonds is 2. The highest BCUT2D eigenvalue weighted by atomic mass is 35.5. The molecule has 0 aliphatic carbocycles. The Morgan fingerprint density at radius 2 is 2.05 bits per heavy atom. The van der Waals surface area contributed by atoms with Crippen molar-refractivity contribution in [3.8, 4) is 0 Å². The third kappa shape index (κ3) is 2.55. The number of hydrazine groups is 2. The predicted molar refractivity (Wildman–Crippen MR) is 75.3 cm³/mol. The minimum atomic E-state index is -0.786. The first-order chi connectivity index (χ1) is 9.17. The van der Waals surface area contributed by atoms with Crippen molar-refractivity contribution in [2.45, 2.75) is 18.4 Å². The second kappa shape index (κ2) is 5.02. The van der Waals surface area contributed by atoms with Crippen molar-refractivity contribution in [2.24, 2.45) is 0 Å². The zero-order chi connectivity index (χ0) is 13.3. The minimum absolute atomic E-state index is 0.682. The number of aliphatic hydroxyl groups is 1. The first kappa shape index (κ1) is 12.7. The summed E-state index contributed by atoms with van der Waals surface area (Å²) in [7, 11) is 0. The summed E-state index contributed by atoms with van der Waals surface area (Å²) >= 11 is 5.98. The topological polar surface area (TPSA) is 59.6 Å². The maximum Gasteiger partial charge on any atom is 0.109 e. The lowest BCUT2D eigenvalue weighted by Crippen LogP contribution is -2.47. The van der Waals surface area contributed by atoms with Crippen molar-refractivity contribution in [3.05, 3.63) is 41.2 Å². The van der Waals surface area contributed by atoms with Crippen LogP contribution in [0.1, 0.15) is 12.8 Å². The molecule has 6 heteroatoms. The normalized spacial score (nSPS) is 22.0. The van der Waals surface area contributed by atoms with Gasteiger partial charge in [0.25, 0.3) is 0 Å². The third-order valence-electron chi connectivity index (χ3n) is 3.59. The van der Waals surface area contributed by atoms with Gasteiger partial charge in [-0.3, -0.25) is 5.01 Å². The Bertz CT molecular complexity index is 499. The van der Waals surface area contributed by atoms with E-state index in [2.05, 4.69) is 16.3 Å². The van der Waals surface area contributed by atoms with Crippen LogP contribution in [-0.4, -0.2) is 23.8 Å². The molecular weight excluding hydrogens is 264 g/mol. The number of anilines is 1. The fraction of sp³-hybridized carbons (Fsp3) is 0.385. The van der Waals surface area contributed by atoms with Gasteiger partial charge in [-0.25, -0.2) is 0 Å². The second-order valence-electron chi connectivity index (χ2n) is 4.91. The molecule has 4 N–H and O–H groups in total. The highest BCUT2D eigenvalue weighted by Crippen LogP contribution is 2.28. The number of benzene rings is 1. The van der Waals surface area contributed by atoms with Gasteiger partial charge in [0.05, 0.1) is 11.4 Å². The van der Waals surface area contributed by atoms with E-state index in [1.807, 2.05) is 35.5 Å². The maximum absolute atomic E-state index is 10.6. The smallest absolute Gasteiger partial charge is 0.109 e. The number of hydrogen-bond acceptors (Lipinski definition) is 5.